The second-order valence-electron chi connectivity index (χ2n) is 9.35. The van der Waals surface area contributed by atoms with Gasteiger partial charge < -0.3 is 10.1 Å². The molecule has 1 saturated heterocycles. The van der Waals surface area contributed by atoms with Crippen LogP contribution in [0.2, 0.25) is 0 Å². The predicted octanol–water partition coefficient (Wildman–Crippen LogP) is 3.34. The van der Waals surface area contributed by atoms with Gasteiger partial charge in [0.25, 0.3) is 0 Å². The summed E-state index contributed by atoms with van der Waals surface area (Å²) in [6.45, 7) is 8.87. The summed E-state index contributed by atoms with van der Waals surface area (Å²) in [4.78, 5) is 18.2. The number of pyridine rings is 1. The normalized spacial score (nSPS) is 16.8. The van der Waals surface area contributed by atoms with Crippen LogP contribution in [0.1, 0.15) is 42.6 Å². The second-order valence-corrected chi connectivity index (χ2v) is 9.35. The van der Waals surface area contributed by atoms with Gasteiger partial charge >= 0.3 is 0 Å². The fraction of sp³-hybridized carbons (Fsp3) is 0.385. The molecule has 1 unspecified atom stereocenters. The van der Waals surface area contributed by atoms with Crippen molar-refractivity contribution in [2.45, 2.75) is 32.8 Å². The number of hydrogen-bond donors (Lipinski definition) is 2. The Morgan fingerprint density at radius 1 is 1.26 bits per heavy atom. The van der Waals surface area contributed by atoms with Crippen molar-refractivity contribution in [1.29, 1.82) is 0 Å². The van der Waals surface area contributed by atoms with Gasteiger partial charge in [-0.25, -0.2) is 9.50 Å². The van der Waals surface area contributed by atoms with Crippen molar-refractivity contribution in [1.82, 2.24) is 35.0 Å². The van der Waals surface area contributed by atoms with Crippen molar-refractivity contribution in [3.63, 3.8) is 0 Å². The van der Waals surface area contributed by atoms with Gasteiger partial charge in [0.15, 0.2) is 5.65 Å². The number of H-pyrrole nitrogens is 1. The molecule has 182 valence electrons. The minimum atomic E-state index is -0.0539. The van der Waals surface area contributed by atoms with E-state index in [1.807, 2.05) is 13.1 Å². The number of aromatic amines is 1. The highest BCUT2D eigenvalue weighted by Gasteiger charge is 2.24. The standard InChI is InChI=1S/C26H31N7O2/c1-16(2)23-24(30-31-25(23)20-11-17(3)26-28-15-29-33(26)12-20)19-7-5-18(6-8-19)21-13-32(9-10-35-21)14-22(34)27-4/h5-8,11-12,15-16,21H,9-10,13-14H2,1-4H3,(H,27,34)(H,30,31). The SMILES string of the molecule is CNC(=O)CN1CCOC(c2ccc(-c3[nH]nc(-c4cc(C)c5ncnn5c4)c3C(C)C)cc2)C1. The van der Waals surface area contributed by atoms with Gasteiger partial charge in [-0.2, -0.15) is 10.2 Å². The maximum atomic E-state index is 11.8. The molecule has 5 rings (SSSR count). The summed E-state index contributed by atoms with van der Waals surface area (Å²) >= 11 is 0. The highest BCUT2D eigenvalue weighted by molar-refractivity contribution is 5.77. The zero-order chi connectivity index (χ0) is 24.5. The maximum absolute atomic E-state index is 11.8. The maximum Gasteiger partial charge on any atom is 0.233 e. The van der Waals surface area contributed by atoms with Gasteiger partial charge in [0, 0.05) is 37.5 Å². The van der Waals surface area contributed by atoms with Crippen LogP contribution in [0.15, 0.2) is 42.9 Å². The number of fused-ring (bicyclic) bond motifs is 1. The van der Waals surface area contributed by atoms with Gasteiger partial charge in [-0.3, -0.25) is 14.8 Å². The smallest absolute Gasteiger partial charge is 0.233 e. The van der Waals surface area contributed by atoms with E-state index in [0.717, 1.165) is 45.8 Å². The molecule has 35 heavy (non-hydrogen) atoms. The number of nitrogens with one attached hydrogen (secondary N) is 2. The van der Waals surface area contributed by atoms with E-state index in [0.29, 0.717) is 19.7 Å². The van der Waals surface area contributed by atoms with Gasteiger partial charge in [0.05, 0.1) is 30.6 Å². The van der Waals surface area contributed by atoms with Crippen LogP contribution in [0.25, 0.3) is 28.2 Å². The number of ether oxygens (including phenoxy) is 1. The summed E-state index contributed by atoms with van der Waals surface area (Å²) in [5.41, 5.74) is 8.22. The van der Waals surface area contributed by atoms with Crippen molar-refractivity contribution in [3.05, 3.63) is 59.5 Å². The number of morpholine rings is 1. The number of carbonyl (C=O) groups excluding carboxylic acids is 1. The van der Waals surface area contributed by atoms with E-state index in [1.165, 1.54) is 5.56 Å². The summed E-state index contributed by atoms with van der Waals surface area (Å²) in [6, 6.07) is 10.6. The summed E-state index contributed by atoms with van der Waals surface area (Å²) in [6.07, 6.45) is 3.50. The third-order valence-corrected chi connectivity index (χ3v) is 6.58. The highest BCUT2D eigenvalue weighted by atomic mass is 16.5. The average molecular weight is 474 g/mol. The fourth-order valence-electron chi connectivity index (χ4n) is 4.77. The molecule has 1 aliphatic heterocycles. The Morgan fingerprint density at radius 3 is 2.80 bits per heavy atom. The molecule has 0 aliphatic carbocycles. The number of aromatic nitrogens is 5. The monoisotopic (exact) mass is 473 g/mol. The lowest BCUT2D eigenvalue weighted by molar-refractivity contribution is -0.123. The number of benzene rings is 1. The van der Waals surface area contributed by atoms with Gasteiger partial charge in [0.2, 0.25) is 5.91 Å². The van der Waals surface area contributed by atoms with Crippen molar-refractivity contribution >= 4 is 11.6 Å². The number of carbonyl (C=O) groups is 1. The Labute approximate surface area is 204 Å². The summed E-state index contributed by atoms with van der Waals surface area (Å²) in [7, 11) is 1.67. The first kappa shape index (κ1) is 23.2. The van der Waals surface area contributed by atoms with Crippen LogP contribution < -0.4 is 5.32 Å². The van der Waals surface area contributed by atoms with E-state index in [9.17, 15) is 4.79 Å². The van der Waals surface area contributed by atoms with Gasteiger partial charge in [-0.1, -0.05) is 38.1 Å². The van der Waals surface area contributed by atoms with Crippen LogP contribution in [0.4, 0.5) is 0 Å². The molecule has 1 aliphatic rings. The Hall–Kier alpha value is -3.56. The third-order valence-electron chi connectivity index (χ3n) is 6.58. The Morgan fingerprint density at radius 2 is 2.06 bits per heavy atom. The highest BCUT2D eigenvalue weighted by Crippen LogP contribution is 2.36. The lowest BCUT2D eigenvalue weighted by Gasteiger charge is -2.32. The fourth-order valence-corrected chi connectivity index (χ4v) is 4.77. The molecule has 3 aromatic heterocycles. The summed E-state index contributed by atoms with van der Waals surface area (Å²) in [5.74, 6) is 0.292. The Balaban J connectivity index is 1.42. The van der Waals surface area contributed by atoms with Crippen LogP contribution in [0, 0.1) is 6.92 Å². The minimum absolute atomic E-state index is 0.0235. The van der Waals surface area contributed by atoms with Crippen molar-refractivity contribution < 1.29 is 9.53 Å². The molecule has 9 nitrogen and oxygen atoms in total. The average Bonchev–Trinajstić information content (AvgIpc) is 3.52. The first-order chi connectivity index (χ1) is 16.9. The van der Waals surface area contributed by atoms with Crippen LogP contribution in [0.5, 0.6) is 0 Å². The van der Waals surface area contributed by atoms with Gasteiger partial charge in [0.1, 0.15) is 6.33 Å². The molecule has 1 fully saturated rings. The van der Waals surface area contributed by atoms with E-state index in [1.54, 1.807) is 17.9 Å². The molecule has 0 bridgehead atoms. The van der Waals surface area contributed by atoms with E-state index in [4.69, 9.17) is 9.84 Å². The molecule has 4 heterocycles. The minimum Gasteiger partial charge on any atom is -0.371 e. The van der Waals surface area contributed by atoms with Crippen LogP contribution >= 0.6 is 0 Å². The molecule has 0 saturated carbocycles. The quantitative estimate of drug-likeness (QED) is 0.446. The molecule has 9 heteroatoms. The molecule has 1 aromatic carbocycles. The largest absolute Gasteiger partial charge is 0.371 e. The molecule has 2 N–H and O–H groups in total. The molecule has 0 spiro atoms. The molecule has 1 atom stereocenters. The first-order valence-corrected chi connectivity index (χ1v) is 12.0. The number of rotatable bonds is 6. The lowest BCUT2D eigenvalue weighted by atomic mass is 9.93. The third kappa shape index (κ3) is 4.56. The Bertz CT molecular complexity index is 1340. The van der Waals surface area contributed by atoms with Crippen LogP contribution in [-0.4, -0.2) is 68.9 Å². The van der Waals surface area contributed by atoms with Crippen molar-refractivity contribution in [2.75, 3.05) is 33.3 Å². The first-order valence-electron chi connectivity index (χ1n) is 12.0. The van der Waals surface area contributed by atoms with E-state index in [-0.39, 0.29) is 17.9 Å². The van der Waals surface area contributed by atoms with Gasteiger partial charge in [-0.15, -0.1) is 0 Å². The van der Waals surface area contributed by atoms with E-state index in [2.05, 4.69) is 69.6 Å². The summed E-state index contributed by atoms with van der Waals surface area (Å²) < 4.78 is 7.81. The number of likely N-dealkylation sites (N-methyl/N-ethyl adjacent to an activating group) is 1. The molecular formula is C26H31N7O2. The zero-order valence-corrected chi connectivity index (χ0v) is 20.6. The predicted molar refractivity (Wildman–Crippen MR) is 134 cm³/mol. The number of nitrogens with zero attached hydrogens (tertiary/aromatic N) is 5. The number of aryl methyl sites for hydroxylation is 1. The van der Waals surface area contributed by atoms with E-state index >= 15 is 0 Å². The van der Waals surface area contributed by atoms with E-state index < -0.39 is 0 Å². The number of amides is 1. The van der Waals surface area contributed by atoms with Gasteiger partial charge in [-0.05, 0) is 35.6 Å². The topological polar surface area (TPSA) is 100 Å². The zero-order valence-electron chi connectivity index (χ0n) is 20.6. The molecule has 0 radical (unpaired) electrons. The second kappa shape index (κ2) is 9.59. The van der Waals surface area contributed by atoms with Crippen molar-refractivity contribution in [3.8, 4) is 22.5 Å². The molecule has 1 amide bonds. The number of hydrogen-bond acceptors (Lipinski definition) is 6. The molecular weight excluding hydrogens is 442 g/mol. The van der Waals surface area contributed by atoms with Crippen LogP contribution in [-0.2, 0) is 9.53 Å². The lowest BCUT2D eigenvalue weighted by Crippen LogP contribution is -2.43. The summed E-state index contributed by atoms with van der Waals surface area (Å²) in [5, 5.41) is 15.0. The van der Waals surface area contributed by atoms with Crippen LogP contribution in [0.3, 0.4) is 0 Å². The molecule has 4 aromatic rings. The van der Waals surface area contributed by atoms with Crippen molar-refractivity contribution in [2.24, 2.45) is 0 Å². The Kier molecular flexibility index (Phi) is 6.36.